The summed E-state index contributed by atoms with van der Waals surface area (Å²) in [4.78, 5) is 4.90. The second-order valence-electron chi connectivity index (χ2n) is 5.10. The lowest BCUT2D eigenvalue weighted by Crippen LogP contribution is -2.46. The van der Waals surface area contributed by atoms with E-state index in [2.05, 4.69) is 22.8 Å². The Bertz CT molecular complexity index is 412. The van der Waals surface area contributed by atoms with Gasteiger partial charge in [0.1, 0.15) is 5.75 Å². The molecule has 0 bridgehead atoms. The van der Waals surface area contributed by atoms with Crippen LogP contribution in [-0.2, 0) is 0 Å². The SMILES string of the molecule is CCN1CCN(c2cccc(OC)c2[C@H](C)N)CC1. The number of anilines is 1. The molecule has 0 amide bonds. The van der Waals surface area contributed by atoms with E-state index in [1.54, 1.807) is 7.11 Å². The molecule has 0 aliphatic carbocycles. The van der Waals surface area contributed by atoms with E-state index >= 15 is 0 Å². The van der Waals surface area contributed by atoms with E-state index in [4.69, 9.17) is 10.5 Å². The van der Waals surface area contributed by atoms with Crippen LogP contribution < -0.4 is 15.4 Å². The van der Waals surface area contributed by atoms with Crippen molar-refractivity contribution in [3.8, 4) is 5.75 Å². The summed E-state index contributed by atoms with van der Waals surface area (Å²) >= 11 is 0. The van der Waals surface area contributed by atoms with Crippen molar-refractivity contribution in [1.82, 2.24) is 4.90 Å². The molecule has 4 heteroatoms. The van der Waals surface area contributed by atoms with Gasteiger partial charge in [-0.2, -0.15) is 0 Å². The van der Waals surface area contributed by atoms with Crippen LogP contribution in [0.3, 0.4) is 0 Å². The van der Waals surface area contributed by atoms with E-state index in [1.807, 2.05) is 19.1 Å². The fourth-order valence-corrected chi connectivity index (χ4v) is 2.75. The van der Waals surface area contributed by atoms with Gasteiger partial charge < -0.3 is 20.3 Å². The van der Waals surface area contributed by atoms with Crippen LogP contribution >= 0.6 is 0 Å². The number of nitrogens with zero attached hydrogens (tertiary/aromatic N) is 2. The third kappa shape index (κ3) is 3.01. The first-order chi connectivity index (χ1) is 9.17. The zero-order chi connectivity index (χ0) is 13.8. The summed E-state index contributed by atoms with van der Waals surface area (Å²) in [6, 6.07) is 6.18. The van der Waals surface area contributed by atoms with Gasteiger partial charge >= 0.3 is 0 Å². The number of rotatable bonds is 4. The minimum Gasteiger partial charge on any atom is -0.496 e. The minimum absolute atomic E-state index is 0.0182. The topological polar surface area (TPSA) is 41.7 Å². The molecule has 4 nitrogen and oxygen atoms in total. The zero-order valence-corrected chi connectivity index (χ0v) is 12.2. The second kappa shape index (κ2) is 6.26. The van der Waals surface area contributed by atoms with Crippen LogP contribution in [0.4, 0.5) is 5.69 Å². The van der Waals surface area contributed by atoms with Crippen molar-refractivity contribution in [2.24, 2.45) is 5.73 Å². The monoisotopic (exact) mass is 263 g/mol. The van der Waals surface area contributed by atoms with E-state index in [0.717, 1.165) is 44.0 Å². The van der Waals surface area contributed by atoms with Gasteiger partial charge in [-0.1, -0.05) is 13.0 Å². The number of likely N-dealkylation sites (N-methyl/N-ethyl adjacent to an activating group) is 1. The smallest absolute Gasteiger partial charge is 0.125 e. The van der Waals surface area contributed by atoms with Crippen LogP contribution in [0.25, 0.3) is 0 Å². The normalized spacial score (nSPS) is 18.4. The van der Waals surface area contributed by atoms with Crippen molar-refractivity contribution >= 4 is 5.69 Å². The van der Waals surface area contributed by atoms with Crippen LogP contribution in [0.1, 0.15) is 25.5 Å². The van der Waals surface area contributed by atoms with Crippen molar-refractivity contribution in [2.75, 3.05) is 44.7 Å². The fourth-order valence-electron chi connectivity index (χ4n) is 2.75. The Morgan fingerprint density at radius 2 is 1.95 bits per heavy atom. The summed E-state index contributed by atoms with van der Waals surface area (Å²) in [5, 5.41) is 0. The van der Waals surface area contributed by atoms with E-state index < -0.39 is 0 Å². The van der Waals surface area contributed by atoms with Gasteiger partial charge in [-0.05, 0) is 25.6 Å². The van der Waals surface area contributed by atoms with Gasteiger partial charge in [-0.3, -0.25) is 0 Å². The first-order valence-corrected chi connectivity index (χ1v) is 7.07. The number of piperazine rings is 1. The number of hydrogen-bond donors (Lipinski definition) is 1. The lowest BCUT2D eigenvalue weighted by molar-refractivity contribution is 0.271. The van der Waals surface area contributed by atoms with Crippen molar-refractivity contribution in [1.29, 1.82) is 0 Å². The molecule has 1 aromatic rings. The summed E-state index contributed by atoms with van der Waals surface area (Å²) < 4.78 is 5.46. The number of methoxy groups -OCH3 is 1. The Labute approximate surface area is 116 Å². The lowest BCUT2D eigenvalue weighted by atomic mass is 10.0. The Morgan fingerprint density at radius 1 is 1.26 bits per heavy atom. The number of nitrogens with two attached hydrogens (primary N) is 1. The third-order valence-electron chi connectivity index (χ3n) is 3.88. The molecule has 19 heavy (non-hydrogen) atoms. The average molecular weight is 263 g/mol. The molecule has 2 N–H and O–H groups in total. The maximum Gasteiger partial charge on any atom is 0.125 e. The van der Waals surface area contributed by atoms with Gasteiger partial charge in [0.15, 0.2) is 0 Å². The highest BCUT2D eigenvalue weighted by atomic mass is 16.5. The van der Waals surface area contributed by atoms with Crippen LogP contribution in [0.2, 0.25) is 0 Å². The summed E-state index contributed by atoms with van der Waals surface area (Å²) in [6.07, 6.45) is 0. The number of hydrogen-bond acceptors (Lipinski definition) is 4. The van der Waals surface area contributed by atoms with Crippen molar-refractivity contribution < 1.29 is 4.74 Å². The summed E-state index contributed by atoms with van der Waals surface area (Å²) in [7, 11) is 1.71. The van der Waals surface area contributed by atoms with Gasteiger partial charge in [-0.15, -0.1) is 0 Å². The molecule has 1 atom stereocenters. The second-order valence-corrected chi connectivity index (χ2v) is 5.10. The van der Waals surface area contributed by atoms with Crippen molar-refractivity contribution in [3.05, 3.63) is 23.8 Å². The Hall–Kier alpha value is -1.26. The maximum atomic E-state index is 6.13. The minimum atomic E-state index is -0.0182. The highest BCUT2D eigenvalue weighted by Gasteiger charge is 2.21. The van der Waals surface area contributed by atoms with Crippen LogP contribution in [0.5, 0.6) is 5.75 Å². The Morgan fingerprint density at radius 3 is 2.47 bits per heavy atom. The predicted molar refractivity (Wildman–Crippen MR) is 79.9 cm³/mol. The summed E-state index contributed by atoms with van der Waals surface area (Å²) in [5.74, 6) is 0.894. The third-order valence-corrected chi connectivity index (χ3v) is 3.88. The highest BCUT2D eigenvalue weighted by molar-refractivity contribution is 5.61. The molecule has 106 valence electrons. The van der Waals surface area contributed by atoms with Crippen LogP contribution in [-0.4, -0.2) is 44.7 Å². The van der Waals surface area contributed by atoms with Crippen molar-refractivity contribution in [3.63, 3.8) is 0 Å². The molecule has 0 radical (unpaired) electrons. The zero-order valence-electron chi connectivity index (χ0n) is 12.2. The molecular weight excluding hydrogens is 238 g/mol. The van der Waals surface area contributed by atoms with Gasteiger partial charge in [-0.25, -0.2) is 0 Å². The maximum absolute atomic E-state index is 6.13. The molecule has 2 rings (SSSR count). The Kier molecular flexibility index (Phi) is 4.66. The lowest BCUT2D eigenvalue weighted by Gasteiger charge is -2.37. The molecule has 0 unspecified atom stereocenters. The largest absolute Gasteiger partial charge is 0.496 e. The standard InChI is InChI=1S/C15H25N3O/c1-4-17-8-10-18(11-9-17)13-6-5-7-14(19-3)15(13)12(2)16/h5-7,12H,4,8-11,16H2,1-3H3/t12-/m0/s1. The molecule has 0 spiro atoms. The molecule has 0 aromatic heterocycles. The molecule has 0 saturated carbocycles. The van der Waals surface area contributed by atoms with Gasteiger partial charge in [0, 0.05) is 43.5 Å². The van der Waals surface area contributed by atoms with E-state index in [0.29, 0.717) is 0 Å². The summed E-state index contributed by atoms with van der Waals surface area (Å²) in [5.41, 5.74) is 8.48. The fraction of sp³-hybridized carbons (Fsp3) is 0.600. The van der Waals surface area contributed by atoms with E-state index in [9.17, 15) is 0 Å². The van der Waals surface area contributed by atoms with Gasteiger partial charge in [0.25, 0.3) is 0 Å². The quantitative estimate of drug-likeness (QED) is 0.900. The van der Waals surface area contributed by atoms with Gasteiger partial charge in [0.05, 0.1) is 7.11 Å². The van der Waals surface area contributed by atoms with E-state index in [-0.39, 0.29) is 6.04 Å². The molecule has 1 fully saturated rings. The molecule has 1 saturated heterocycles. The van der Waals surface area contributed by atoms with Crippen molar-refractivity contribution in [2.45, 2.75) is 19.9 Å². The molecular formula is C15H25N3O. The number of ether oxygens (including phenoxy) is 1. The first-order valence-electron chi connectivity index (χ1n) is 7.07. The number of benzene rings is 1. The van der Waals surface area contributed by atoms with Crippen LogP contribution in [0.15, 0.2) is 18.2 Å². The first kappa shape index (κ1) is 14.2. The summed E-state index contributed by atoms with van der Waals surface area (Å²) in [6.45, 7) is 9.71. The average Bonchev–Trinajstić information content (AvgIpc) is 2.46. The Balaban J connectivity index is 2.25. The van der Waals surface area contributed by atoms with Gasteiger partial charge in [0.2, 0.25) is 0 Å². The highest BCUT2D eigenvalue weighted by Crippen LogP contribution is 2.34. The van der Waals surface area contributed by atoms with Crippen LogP contribution in [0, 0.1) is 0 Å². The molecule has 1 aromatic carbocycles. The molecule has 1 aliphatic heterocycles. The molecule has 1 heterocycles. The predicted octanol–water partition coefficient (Wildman–Crippen LogP) is 1.86. The van der Waals surface area contributed by atoms with E-state index in [1.165, 1.54) is 5.69 Å². The molecule has 1 aliphatic rings.